The Kier molecular flexibility index (Phi) is 5.36. The van der Waals surface area contributed by atoms with Gasteiger partial charge < -0.3 is 4.74 Å². The maximum absolute atomic E-state index is 12.4. The van der Waals surface area contributed by atoms with Gasteiger partial charge >= 0.3 is 5.97 Å². The molecule has 124 valence electrons. The summed E-state index contributed by atoms with van der Waals surface area (Å²) in [5.41, 5.74) is 1.08. The molecule has 1 fully saturated rings. The molecule has 1 aromatic carbocycles. The molecular weight excluding hydrogens is 302 g/mol. The Bertz CT molecular complexity index is 689. The molecule has 4 heteroatoms. The normalized spacial score (nSPS) is 15.0. The van der Waals surface area contributed by atoms with E-state index in [1.54, 1.807) is 42.6 Å². The summed E-state index contributed by atoms with van der Waals surface area (Å²) >= 11 is 0. The highest BCUT2D eigenvalue weighted by Gasteiger charge is 2.18. The third kappa shape index (κ3) is 4.28. The summed E-state index contributed by atoms with van der Waals surface area (Å²) in [6.07, 6.45) is 9.77. The van der Waals surface area contributed by atoms with E-state index >= 15 is 0 Å². The number of hydrogen-bond acceptors (Lipinski definition) is 4. The smallest absolute Gasteiger partial charge is 0.345 e. The van der Waals surface area contributed by atoms with E-state index in [1.165, 1.54) is 25.5 Å². The summed E-state index contributed by atoms with van der Waals surface area (Å²) in [4.78, 5) is 28.2. The molecular formula is C20H21NO3. The van der Waals surface area contributed by atoms with Gasteiger partial charge in [-0.25, -0.2) is 4.79 Å². The number of hydrogen-bond donors (Lipinski definition) is 0. The van der Waals surface area contributed by atoms with Crippen molar-refractivity contribution in [1.82, 2.24) is 4.98 Å². The molecule has 0 amide bonds. The standard InChI is InChI=1S/C20H21NO3/c22-19(13-15-5-2-1-3-6-15)16-8-10-18(11-9-16)24-20(23)17-7-4-12-21-14-17/h4,7-12,14-15H,1-3,5-6,13H2. The Labute approximate surface area is 141 Å². The molecule has 0 spiro atoms. The Morgan fingerprint density at radius 3 is 2.42 bits per heavy atom. The van der Waals surface area contributed by atoms with E-state index in [1.807, 2.05) is 0 Å². The van der Waals surface area contributed by atoms with Crippen LogP contribution in [0.2, 0.25) is 0 Å². The van der Waals surface area contributed by atoms with Crippen molar-refractivity contribution in [3.05, 3.63) is 59.9 Å². The molecule has 0 atom stereocenters. The maximum atomic E-state index is 12.4. The van der Waals surface area contributed by atoms with Crippen LogP contribution in [0, 0.1) is 5.92 Å². The van der Waals surface area contributed by atoms with Gasteiger partial charge in [-0.1, -0.05) is 32.1 Å². The molecule has 24 heavy (non-hydrogen) atoms. The van der Waals surface area contributed by atoms with Crippen LogP contribution in [-0.4, -0.2) is 16.7 Å². The number of esters is 1. The fourth-order valence-electron chi connectivity index (χ4n) is 3.13. The average Bonchev–Trinajstić information content (AvgIpc) is 2.64. The average molecular weight is 323 g/mol. The summed E-state index contributed by atoms with van der Waals surface area (Å²) in [5.74, 6) is 0.670. The molecule has 4 nitrogen and oxygen atoms in total. The van der Waals surface area contributed by atoms with Crippen LogP contribution >= 0.6 is 0 Å². The predicted octanol–water partition coefficient (Wildman–Crippen LogP) is 4.45. The van der Waals surface area contributed by atoms with Gasteiger partial charge in [0.15, 0.2) is 5.78 Å². The molecule has 2 aromatic rings. The monoisotopic (exact) mass is 323 g/mol. The number of rotatable bonds is 5. The zero-order valence-corrected chi connectivity index (χ0v) is 13.6. The van der Waals surface area contributed by atoms with Crippen molar-refractivity contribution in [3.63, 3.8) is 0 Å². The lowest BCUT2D eigenvalue weighted by molar-refractivity contribution is 0.0734. The zero-order valence-electron chi connectivity index (χ0n) is 13.6. The number of ether oxygens (including phenoxy) is 1. The Morgan fingerprint density at radius 1 is 1.00 bits per heavy atom. The molecule has 1 aromatic heterocycles. The van der Waals surface area contributed by atoms with E-state index in [4.69, 9.17) is 4.74 Å². The second-order valence-corrected chi connectivity index (χ2v) is 6.29. The fraction of sp³-hybridized carbons (Fsp3) is 0.350. The SMILES string of the molecule is O=C(CC1CCCCC1)c1ccc(OC(=O)c2cccnc2)cc1. The van der Waals surface area contributed by atoms with E-state index in [-0.39, 0.29) is 5.78 Å². The number of pyridine rings is 1. The topological polar surface area (TPSA) is 56.3 Å². The fourth-order valence-corrected chi connectivity index (χ4v) is 3.13. The highest BCUT2D eigenvalue weighted by molar-refractivity contribution is 5.96. The summed E-state index contributed by atoms with van der Waals surface area (Å²) in [7, 11) is 0. The molecule has 1 saturated carbocycles. The first kappa shape index (κ1) is 16.4. The molecule has 3 rings (SSSR count). The lowest BCUT2D eigenvalue weighted by atomic mass is 9.85. The van der Waals surface area contributed by atoms with Crippen molar-refractivity contribution >= 4 is 11.8 Å². The highest BCUT2D eigenvalue weighted by atomic mass is 16.5. The Hall–Kier alpha value is -2.49. The van der Waals surface area contributed by atoms with Crippen LogP contribution in [0.3, 0.4) is 0 Å². The van der Waals surface area contributed by atoms with Crippen LogP contribution in [-0.2, 0) is 0 Å². The van der Waals surface area contributed by atoms with E-state index in [0.29, 0.717) is 29.2 Å². The van der Waals surface area contributed by atoms with Crippen LogP contribution in [0.5, 0.6) is 5.75 Å². The minimum absolute atomic E-state index is 0.173. The minimum atomic E-state index is -0.454. The first-order chi connectivity index (χ1) is 11.7. The second-order valence-electron chi connectivity index (χ2n) is 6.29. The molecule has 1 aliphatic rings. The van der Waals surface area contributed by atoms with Crippen LogP contribution in [0.15, 0.2) is 48.8 Å². The molecule has 0 N–H and O–H groups in total. The number of Topliss-reactive ketones (excluding diaryl/α,β-unsaturated/α-hetero) is 1. The van der Waals surface area contributed by atoms with Crippen LogP contribution < -0.4 is 4.74 Å². The van der Waals surface area contributed by atoms with Gasteiger partial charge in [0.05, 0.1) is 5.56 Å². The summed E-state index contributed by atoms with van der Waals surface area (Å²) in [5, 5.41) is 0. The van der Waals surface area contributed by atoms with Gasteiger partial charge in [-0.15, -0.1) is 0 Å². The van der Waals surface area contributed by atoms with Crippen molar-refractivity contribution < 1.29 is 14.3 Å². The molecule has 1 heterocycles. The van der Waals surface area contributed by atoms with E-state index < -0.39 is 5.97 Å². The maximum Gasteiger partial charge on any atom is 0.345 e. The summed E-state index contributed by atoms with van der Waals surface area (Å²) in [6, 6.07) is 10.1. The third-order valence-corrected chi connectivity index (χ3v) is 4.48. The van der Waals surface area contributed by atoms with Crippen molar-refractivity contribution in [3.8, 4) is 5.75 Å². The molecule has 0 aliphatic heterocycles. The third-order valence-electron chi connectivity index (χ3n) is 4.48. The molecule has 0 saturated heterocycles. The van der Waals surface area contributed by atoms with Crippen molar-refractivity contribution in [2.45, 2.75) is 38.5 Å². The van der Waals surface area contributed by atoms with Crippen molar-refractivity contribution in [1.29, 1.82) is 0 Å². The van der Waals surface area contributed by atoms with Crippen LogP contribution in [0.4, 0.5) is 0 Å². The Balaban J connectivity index is 1.58. The highest BCUT2D eigenvalue weighted by Crippen LogP contribution is 2.27. The first-order valence-electron chi connectivity index (χ1n) is 8.48. The van der Waals surface area contributed by atoms with E-state index in [9.17, 15) is 9.59 Å². The lowest BCUT2D eigenvalue weighted by Gasteiger charge is -2.20. The van der Waals surface area contributed by atoms with Gasteiger partial charge in [0.25, 0.3) is 0 Å². The molecule has 1 aliphatic carbocycles. The quantitative estimate of drug-likeness (QED) is 0.463. The first-order valence-corrected chi connectivity index (χ1v) is 8.48. The molecule has 0 unspecified atom stereocenters. The second kappa shape index (κ2) is 7.86. The summed E-state index contributed by atoms with van der Waals surface area (Å²) < 4.78 is 5.29. The number of carbonyl (C=O) groups is 2. The number of benzene rings is 1. The van der Waals surface area contributed by atoms with E-state index in [0.717, 1.165) is 12.8 Å². The number of carbonyl (C=O) groups excluding carboxylic acids is 2. The van der Waals surface area contributed by atoms with Crippen LogP contribution in [0.1, 0.15) is 59.2 Å². The van der Waals surface area contributed by atoms with Gasteiger partial charge in [0, 0.05) is 24.4 Å². The number of aromatic nitrogens is 1. The van der Waals surface area contributed by atoms with Gasteiger partial charge in [-0.2, -0.15) is 0 Å². The van der Waals surface area contributed by atoms with Gasteiger partial charge in [-0.05, 0) is 42.3 Å². The van der Waals surface area contributed by atoms with Crippen molar-refractivity contribution in [2.24, 2.45) is 5.92 Å². The van der Waals surface area contributed by atoms with Gasteiger partial charge in [0.2, 0.25) is 0 Å². The lowest BCUT2D eigenvalue weighted by Crippen LogP contribution is -2.12. The zero-order chi connectivity index (χ0) is 16.8. The van der Waals surface area contributed by atoms with Gasteiger partial charge in [0.1, 0.15) is 5.75 Å². The Morgan fingerprint density at radius 2 is 1.75 bits per heavy atom. The molecule has 0 radical (unpaired) electrons. The van der Waals surface area contributed by atoms with E-state index in [2.05, 4.69) is 4.98 Å². The predicted molar refractivity (Wildman–Crippen MR) is 91.2 cm³/mol. The van der Waals surface area contributed by atoms with Crippen LogP contribution in [0.25, 0.3) is 0 Å². The largest absolute Gasteiger partial charge is 0.423 e. The van der Waals surface area contributed by atoms with Gasteiger partial charge in [-0.3, -0.25) is 9.78 Å². The van der Waals surface area contributed by atoms with Crippen molar-refractivity contribution in [2.75, 3.05) is 0 Å². The number of nitrogens with zero attached hydrogens (tertiary/aromatic N) is 1. The molecule has 0 bridgehead atoms. The summed E-state index contributed by atoms with van der Waals surface area (Å²) in [6.45, 7) is 0. The number of ketones is 1. The minimum Gasteiger partial charge on any atom is -0.423 e.